The van der Waals surface area contributed by atoms with Crippen LogP contribution in [-0.2, 0) is 22.5 Å². The van der Waals surface area contributed by atoms with Crippen molar-refractivity contribution in [3.63, 3.8) is 0 Å². The molecular weight excluding hydrogens is 482 g/mol. The van der Waals surface area contributed by atoms with Crippen LogP contribution in [0.1, 0.15) is 84.6 Å². The number of aromatic nitrogens is 1. The van der Waals surface area contributed by atoms with E-state index in [1.807, 2.05) is 24.3 Å². The standard InChI is InChI=1S/C31H39NO6/c1-3-4-5-6-7-8-10-23-12-15-26(16-13-23)38-22-25(33)20-32-21-28(30(34)11-9-18-37-2)27-19-24(31(35)36)14-17-29(27)32/h12-17,19,21H,3-11,18,20,22H2,1-2H3,(H,35,36). The molecule has 1 heterocycles. The van der Waals surface area contributed by atoms with Crippen molar-refractivity contribution in [2.75, 3.05) is 20.3 Å². The van der Waals surface area contributed by atoms with Gasteiger partial charge in [0.05, 0.1) is 12.1 Å². The molecule has 0 radical (unpaired) electrons. The lowest BCUT2D eigenvalue weighted by atomic mass is 10.0. The van der Waals surface area contributed by atoms with Gasteiger partial charge < -0.3 is 19.1 Å². The lowest BCUT2D eigenvalue weighted by Crippen LogP contribution is -2.17. The number of Topliss-reactive ketones (excluding diaryl/α,β-unsaturated/α-hetero) is 2. The number of carbonyl (C=O) groups excluding carboxylic acids is 2. The van der Waals surface area contributed by atoms with Gasteiger partial charge >= 0.3 is 5.97 Å². The fourth-order valence-electron chi connectivity index (χ4n) is 4.56. The summed E-state index contributed by atoms with van der Waals surface area (Å²) >= 11 is 0. The molecule has 0 saturated heterocycles. The minimum atomic E-state index is -1.07. The molecule has 7 heteroatoms. The zero-order valence-electron chi connectivity index (χ0n) is 22.5. The van der Waals surface area contributed by atoms with Gasteiger partial charge in [-0.15, -0.1) is 0 Å². The minimum Gasteiger partial charge on any atom is -0.486 e. The molecule has 0 bridgehead atoms. The summed E-state index contributed by atoms with van der Waals surface area (Å²) in [5.74, 6) is -0.695. The van der Waals surface area contributed by atoms with Crippen LogP contribution in [0.2, 0.25) is 0 Å². The molecule has 0 fully saturated rings. The number of benzene rings is 2. The highest BCUT2D eigenvalue weighted by Gasteiger charge is 2.18. The predicted octanol–water partition coefficient (Wildman–Crippen LogP) is 6.50. The van der Waals surface area contributed by atoms with E-state index in [0.717, 1.165) is 6.42 Å². The highest BCUT2D eigenvalue weighted by atomic mass is 16.5. The largest absolute Gasteiger partial charge is 0.486 e. The summed E-state index contributed by atoms with van der Waals surface area (Å²) in [6, 6.07) is 12.5. The number of nitrogens with zero attached hydrogens (tertiary/aromatic N) is 1. The molecule has 0 aliphatic rings. The molecule has 38 heavy (non-hydrogen) atoms. The average Bonchev–Trinajstić information content (AvgIpc) is 3.27. The second-order valence-electron chi connectivity index (χ2n) is 9.72. The van der Waals surface area contributed by atoms with Gasteiger partial charge in [0.15, 0.2) is 11.6 Å². The van der Waals surface area contributed by atoms with Crippen molar-refractivity contribution in [3.05, 3.63) is 65.4 Å². The van der Waals surface area contributed by atoms with Gasteiger partial charge in [0.1, 0.15) is 12.4 Å². The molecule has 0 aliphatic carbocycles. The summed E-state index contributed by atoms with van der Waals surface area (Å²) in [5, 5.41) is 9.93. The molecular formula is C31H39NO6. The van der Waals surface area contributed by atoms with E-state index in [1.165, 1.54) is 56.2 Å². The van der Waals surface area contributed by atoms with Crippen LogP contribution in [0, 0.1) is 0 Å². The van der Waals surface area contributed by atoms with Crippen molar-refractivity contribution in [1.29, 1.82) is 0 Å². The summed E-state index contributed by atoms with van der Waals surface area (Å²) in [4.78, 5) is 37.1. The second-order valence-corrected chi connectivity index (χ2v) is 9.72. The number of ether oxygens (including phenoxy) is 2. The molecule has 0 unspecified atom stereocenters. The molecule has 3 rings (SSSR count). The predicted molar refractivity (Wildman–Crippen MR) is 148 cm³/mol. The Labute approximate surface area is 224 Å². The van der Waals surface area contributed by atoms with Gasteiger partial charge in [-0.3, -0.25) is 9.59 Å². The van der Waals surface area contributed by atoms with Crippen LogP contribution in [0.5, 0.6) is 5.75 Å². The number of unbranched alkanes of at least 4 members (excludes halogenated alkanes) is 5. The Kier molecular flexibility index (Phi) is 11.6. The van der Waals surface area contributed by atoms with Crippen molar-refractivity contribution >= 4 is 28.4 Å². The van der Waals surface area contributed by atoms with Crippen molar-refractivity contribution in [1.82, 2.24) is 4.57 Å². The summed E-state index contributed by atoms with van der Waals surface area (Å²) in [5.41, 5.74) is 2.41. The number of carboxylic acid groups (broad SMARTS) is 1. The first kappa shape index (κ1) is 29.1. The Morgan fingerprint density at radius 1 is 0.921 bits per heavy atom. The SMILES string of the molecule is CCCCCCCCc1ccc(OCC(=O)Cn2cc(C(=O)CCCOC)c3cc(C(=O)O)ccc32)cc1. The number of aromatic carboxylic acids is 1. The lowest BCUT2D eigenvalue weighted by Gasteiger charge is -2.08. The molecule has 3 aromatic rings. The van der Waals surface area contributed by atoms with E-state index in [1.54, 1.807) is 23.9 Å². The Hall–Kier alpha value is -3.45. The average molecular weight is 522 g/mol. The zero-order valence-corrected chi connectivity index (χ0v) is 22.5. The summed E-state index contributed by atoms with van der Waals surface area (Å²) in [7, 11) is 1.58. The van der Waals surface area contributed by atoms with E-state index in [2.05, 4.69) is 6.92 Å². The first-order chi connectivity index (χ1) is 18.4. The third-order valence-corrected chi connectivity index (χ3v) is 6.67. The Morgan fingerprint density at radius 2 is 1.66 bits per heavy atom. The second kappa shape index (κ2) is 15.1. The molecule has 0 saturated carbocycles. The number of carboxylic acids is 1. The van der Waals surface area contributed by atoms with Crippen LogP contribution < -0.4 is 4.74 Å². The monoisotopic (exact) mass is 521 g/mol. The normalized spacial score (nSPS) is 11.1. The molecule has 204 valence electrons. The Bertz CT molecular complexity index is 1210. The van der Waals surface area contributed by atoms with Crippen molar-refractivity contribution in [2.45, 2.75) is 71.3 Å². The molecule has 1 N–H and O–H groups in total. The van der Waals surface area contributed by atoms with E-state index < -0.39 is 5.97 Å². The molecule has 0 amide bonds. The van der Waals surface area contributed by atoms with Crippen molar-refractivity contribution in [3.8, 4) is 5.75 Å². The maximum absolute atomic E-state index is 12.9. The number of rotatable bonds is 18. The molecule has 2 aromatic carbocycles. The number of fused-ring (bicyclic) bond motifs is 1. The number of methoxy groups -OCH3 is 1. The number of ketones is 2. The third kappa shape index (κ3) is 8.55. The van der Waals surface area contributed by atoms with Gasteiger partial charge in [-0.25, -0.2) is 4.79 Å². The van der Waals surface area contributed by atoms with E-state index >= 15 is 0 Å². The van der Waals surface area contributed by atoms with Crippen LogP contribution >= 0.6 is 0 Å². The van der Waals surface area contributed by atoms with Crippen LogP contribution in [0.25, 0.3) is 10.9 Å². The minimum absolute atomic E-state index is 0.0182. The number of aryl methyl sites for hydroxylation is 1. The number of hydrogen-bond acceptors (Lipinski definition) is 5. The van der Waals surface area contributed by atoms with Crippen LogP contribution in [0.4, 0.5) is 0 Å². The van der Waals surface area contributed by atoms with Crippen molar-refractivity contribution in [2.24, 2.45) is 0 Å². The Morgan fingerprint density at radius 3 is 2.37 bits per heavy atom. The van der Waals surface area contributed by atoms with Crippen LogP contribution in [0.3, 0.4) is 0 Å². The quantitative estimate of drug-likeness (QED) is 0.152. The van der Waals surface area contributed by atoms with E-state index in [9.17, 15) is 19.5 Å². The highest BCUT2D eigenvalue weighted by Crippen LogP contribution is 2.25. The number of hydrogen-bond donors (Lipinski definition) is 1. The summed E-state index contributed by atoms with van der Waals surface area (Å²) < 4.78 is 12.5. The summed E-state index contributed by atoms with van der Waals surface area (Å²) in [6.07, 6.45) is 11.1. The van der Waals surface area contributed by atoms with E-state index in [4.69, 9.17) is 9.47 Å². The van der Waals surface area contributed by atoms with Crippen LogP contribution in [0.15, 0.2) is 48.7 Å². The lowest BCUT2D eigenvalue weighted by molar-refractivity contribution is -0.121. The van der Waals surface area contributed by atoms with Gasteiger partial charge in [-0.05, 0) is 55.2 Å². The molecule has 0 aliphatic heterocycles. The van der Waals surface area contributed by atoms with Gasteiger partial charge in [0, 0.05) is 42.8 Å². The maximum atomic E-state index is 12.9. The molecule has 1 aromatic heterocycles. The fraction of sp³-hybridized carbons (Fsp3) is 0.452. The first-order valence-corrected chi connectivity index (χ1v) is 13.5. The first-order valence-electron chi connectivity index (χ1n) is 13.5. The van der Waals surface area contributed by atoms with Gasteiger partial charge in [0.25, 0.3) is 0 Å². The highest BCUT2D eigenvalue weighted by molar-refractivity contribution is 6.09. The fourth-order valence-corrected chi connectivity index (χ4v) is 4.56. The van der Waals surface area contributed by atoms with Crippen LogP contribution in [-0.4, -0.2) is 47.5 Å². The molecule has 7 nitrogen and oxygen atoms in total. The smallest absolute Gasteiger partial charge is 0.335 e. The topological polar surface area (TPSA) is 94.8 Å². The van der Waals surface area contributed by atoms with E-state index in [0.29, 0.717) is 35.2 Å². The number of carbonyl (C=O) groups is 3. The van der Waals surface area contributed by atoms with Crippen molar-refractivity contribution < 1.29 is 29.0 Å². The van der Waals surface area contributed by atoms with Gasteiger partial charge in [-0.2, -0.15) is 0 Å². The van der Waals surface area contributed by atoms with E-state index in [-0.39, 0.29) is 36.7 Å². The third-order valence-electron chi connectivity index (χ3n) is 6.67. The van der Waals surface area contributed by atoms with Gasteiger partial charge in [-0.1, -0.05) is 51.2 Å². The molecule has 0 spiro atoms. The van der Waals surface area contributed by atoms with Gasteiger partial charge in [0.2, 0.25) is 0 Å². The molecule has 0 atom stereocenters. The maximum Gasteiger partial charge on any atom is 0.335 e. The Balaban J connectivity index is 1.59. The zero-order chi connectivity index (χ0) is 27.3. The summed E-state index contributed by atoms with van der Waals surface area (Å²) in [6.45, 7) is 2.61.